The standard InChI is InChI=1S/C9H14N6/c1-2-5-15-7(3-4-13-15)8(10)9-11-6-12-14-9/h3-4,6,8H,2,5,10H2,1H3,(H,11,12,14). The molecule has 6 heteroatoms. The number of nitrogens with two attached hydrogens (primary N) is 1. The molecule has 1 unspecified atom stereocenters. The van der Waals surface area contributed by atoms with Crippen molar-refractivity contribution in [2.45, 2.75) is 25.9 Å². The molecule has 2 aromatic heterocycles. The first kappa shape index (κ1) is 9.85. The number of rotatable bonds is 4. The third-order valence-electron chi connectivity index (χ3n) is 2.23. The van der Waals surface area contributed by atoms with E-state index in [2.05, 4.69) is 27.2 Å². The Balaban J connectivity index is 2.25. The predicted molar refractivity (Wildman–Crippen MR) is 54.9 cm³/mol. The molecule has 2 heterocycles. The molecule has 0 aromatic carbocycles. The minimum Gasteiger partial charge on any atom is -0.316 e. The van der Waals surface area contributed by atoms with Gasteiger partial charge in [-0.3, -0.25) is 9.78 Å². The van der Waals surface area contributed by atoms with Gasteiger partial charge in [-0.25, -0.2) is 4.98 Å². The molecule has 2 aromatic rings. The number of nitrogens with zero attached hydrogens (tertiary/aromatic N) is 4. The first-order valence-electron chi connectivity index (χ1n) is 4.95. The first-order valence-corrected chi connectivity index (χ1v) is 4.95. The van der Waals surface area contributed by atoms with Crippen LogP contribution in [0.25, 0.3) is 0 Å². The minimum absolute atomic E-state index is 0.290. The SMILES string of the molecule is CCCn1nccc1C(N)c1ncn[nH]1. The van der Waals surface area contributed by atoms with Crippen LogP contribution in [0.4, 0.5) is 0 Å². The molecule has 0 radical (unpaired) electrons. The molecule has 0 aliphatic heterocycles. The summed E-state index contributed by atoms with van der Waals surface area (Å²) in [6.07, 6.45) is 4.23. The summed E-state index contributed by atoms with van der Waals surface area (Å²) in [7, 11) is 0. The molecule has 0 saturated heterocycles. The number of hydrogen-bond donors (Lipinski definition) is 2. The van der Waals surface area contributed by atoms with Crippen molar-refractivity contribution >= 4 is 0 Å². The smallest absolute Gasteiger partial charge is 0.147 e. The minimum atomic E-state index is -0.290. The van der Waals surface area contributed by atoms with Crippen LogP contribution in [-0.4, -0.2) is 25.0 Å². The van der Waals surface area contributed by atoms with Crippen LogP contribution in [0.1, 0.15) is 30.9 Å². The Hall–Kier alpha value is -1.69. The number of hydrogen-bond acceptors (Lipinski definition) is 4. The Morgan fingerprint density at radius 3 is 3.13 bits per heavy atom. The van der Waals surface area contributed by atoms with Gasteiger partial charge < -0.3 is 5.73 Å². The lowest BCUT2D eigenvalue weighted by atomic mass is 10.2. The third kappa shape index (κ3) is 1.89. The largest absolute Gasteiger partial charge is 0.316 e. The summed E-state index contributed by atoms with van der Waals surface area (Å²) in [5, 5.41) is 10.8. The van der Waals surface area contributed by atoms with E-state index in [0.29, 0.717) is 5.82 Å². The fraction of sp³-hybridized carbons (Fsp3) is 0.444. The highest BCUT2D eigenvalue weighted by Crippen LogP contribution is 2.15. The molecule has 0 saturated carbocycles. The van der Waals surface area contributed by atoms with Crippen molar-refractivity contribution in [3.63, 3.8) is 0 Å². The number of H-pyrrole nitrogens is 1. The van der Waals surface area contributed by atoms with Crippen LogP contribution in [0.15, 0.2) is 18.6 Å². The monoisotopic (exact) mass is 206 g/mol. The van der Waals surface area contributed by atoms with Crippen LogP contribution in [0.5, 0.6) is 0 Å². The van der Waals surface area contributed by atoms with Crippen LogP contribution < -0.4 is 5.73 Å². The fourth-order valence-electron chi connectivity index (χ4n) is 1.51. The highest BCUT2D eigenvalue weighted by atomic mass is 15.3. The Morgan fingerprint density at radius 1 is 1.60 bits per heavy atom. The lowest BCUT2D eigenvalue weighted by Crippen LogP contribution is -2.18. The summed E-state index contributed by atoms with van der Waals surface area (Å²) in [5.41, 5.74) is 6.99. The van der Waals surface area contributed by atoms with Crippen molar-refractivity contribution in [3.05, 3.63) is 30.1 Å². The van der Waals surface area contributed by atoms with Crippen molar-refractivity contribution in [1.29, 1.82) is 0 Å². The van der Waals surface area contributed by atoms with Crippen molar-refractivity contribution in [3.8, 4) is 0 Å². The quantitative estimate of drug-likeness (QED) is 0.761. The molecule has 0 aliphatic carbocycles. The van der Waals surface area contributed by atoms with Crippen LogP contribution in [0.3, 0.4) is 0 Å². The van der Waals surface area contributed by atoms with Gasteiger partial charge in [0.25, 0.3) is 0 Å². The van der Waals surface area contributed by atoms with Gasteiger partial charge in [-0.2, -0.15) is 10.2 Å². The van der Waals surface area contributed by atoms with Crippen LogP contribution in [-0.2, 0) is 6.54 Å². The van der Waals surface area contributed by atoms with Crippen LogP contribution in [0.2, 0.25) is 0 Å². The maximum atomic E-state index is 6.04. The van der Waals surface area contributed by atoms with E-state index in [1.165, 1.54) is 6.33 Å². The second-order valence-corrected chi connectivity index (χ2v) is 3.33. The third-order valence-corrected chi connectivity index (χ3v) is 2.23. The van der Waals surface area contributed by atoms with E-state index in [1.54, 1.807) is 6.20 Å². The Morgan fingerprint density at radius 2 is 2.47 bits per heavy atom. The summed E-state index contributed by atoms with van der Waals surface area (Å²) in [6.45, 7) is 2.97. The second kappa shape index (κ2) is 4.22. The summed E-state index contributed by atoms with van der Waals surface area (Å²) in [4.78, 5) is 4.04. The number of aryl methyl sites for hydroxylation is 1. The zero-order valence-corrected chi connectivity index (χ0v) is 8.59. The van der Waals surface area contributed by atoms with E-state index >= 15 is 0 Å². The summed E-state index contributed by atoms with van der Waals surface area (Å²) < 4.78 is 1.90. The normalized spacial score (nSPS) is 12.9. The lowest BCUT2D eigenvalue weighted by molar-refractivity contribution is 0.553. The molecule has 0 aliphatic rings. The first-order chi connectivity index (χ1) is 7.33. The fourth-order valence-corrected chi connectivity index (χ4v) is 1.51. The number of nitrogens with one attached hydrogen (secondary N) is 1. The lowest BCUT2D eigenvalue weighted by Gasteiger charge is -2.10. The van der Waals surface area contributed by atoms with Gasteiger partial charge in [-0.05, 0) is 12.5 Å². The average Bonchev–Trinajstić information content (AvgIpc) is 2.87. The molecule has 3 N–H and O–H groups in total. The van der Waals surface area contributed by atoms with E-state index in [0.717, 1.165) is 18.7 Å². The van der Waals surface area contributed by atoms with E-state index < -0.39 is 0 Å². The highest BCUT2D eigenvalue weighted by molar-refractivity contribution is 5.14. The molecule has 0 bridgehead atoms. The van der Waals surface area contributed by atoms with Crippen molar-refractivity contribution < 1.29 is 0 Å². The van der Waals surface area contributed by atoms with Crippen molar-refractivity contribution in [2.24, 2.45) is 5.73 Å². The zero-order valence-electron chi connectivity index (χ0n) is 8.59. The second-order valence-electron chi connectivity index (χ2n) is 3.33. The highest BCUT2D eigenvalue weighted by Gasteiger charge is 2.15. The van der Waals surface area contributed by atoms with E-state index in [9.17, 15) is 0 Å². The molecule has 15 heavy (non-hydrogen) atoms. The number of aromatic amines is 1. The van der Waals surface area contributed by atoms with Crippen LogP contribution >= 0.6 is 0 Å². The van der Waals surface area contributed by atoms with Gasteiger partial charge in [0.05, 0.1) is 5.69 Å². The Bertz CT molecular complexity index is 404. The maximum Gasteiger partial charge on any atom is 0.147 e. The molecular formula is C9H14N6. The van der Waals surface area contributed by atoms with Gasteiger partial charge in [-0.15, -0.1) is 0 Å². The maximum absolute atomic E-state index is 6.04. The molecule has 1 atom stereocenters. The Kier molecular flexibility index (Phi) is 2.77. The van der Waals surface area contributed by atoms with Gasteiger partial charge in [0, 0.05) is 12.7 Å². The van der Waals surface area contributed by atoms with E-state index in [1.807, 2.05) is 10.7 Å². The van der Waals surface area contributed by atoms with Crippen LogP contribution in [0, 0.1) is 0 Å². The number of aromatic nitrogens is 5. The molecule has 0 fully saturated rings. The van der Waals surface area contributed by atoms with Gasteiger partial charge in [0.2, 0.25) is 0 Å². The van der Waals surface area contributed by atoms with E-state index in [-0.39, 0.29) is 6.04 Å². The van der Waals surface area contributed by atoms with Gasteiger partial charge in [0.15, 0.2) is 0 Å². The van der Waals surface area contributed by atoms with Crippen molar-refractivity contribution in [1.82, 2.24) is 25.0 Å². The topological polar surface area (TPSA) is 85.4 Å². The predicted octanol–water partition coefficient (Wildman–Crippen LogP) is 0.459. The Labute approximate surface area is 87.5 Å². The average molecular weight is 206 g/mol. The van der Waals surface area contributed by atoms with E-state index in [4.69, 9.17) is 5.73 Å². The van der Waals surface area contributed by atoms with Gasteiger partial charge >= 0.3 is 0 Å². The summed E-state index contributed by atoms with van der Waals surface area (Å²) >= 11 is 0. The molecule has 0 spiro atoms. The molecule has 6 nitrogen and oxygen atoms in total. The summed E-state index contributed by atoms with van der Waals surface area (Å²) in [6, 6.07) is 1.62. The van der Waals surface area contributed by atoms with Crippen molar-refractivity contribution in [2.75, 3.05) is 0 Å². The molecule has 0 amide bonds. The zero-order chi connectivity index (χ0) is 10.7. The molecule has 2 rings (SSSR count). The van der Waals surface area contributed by atoms with Gasteiger partial charge in [0.1, 0.15) is 18.2 Å². The van der Waals surface area contributed by atoms with Gasteiger partial charge in [-0.1, -0.05) is 6.92 Å². The molecular weight excluding hydrogens is 192 g/mol. The molecule has 80 valence electrons. The summed E-state index contributed by atoms with van der Waals surface area (Å²) in [5.74, 6) is 0.660.